The number of benzene rings is 1. The molecule has 0 spiro atoms. The van der Waals surface area contributed by atoms with Gasteiger partial charge in [0.15, 0.2) is 0 Å². The van der Waals surface area contributed by atoms with Crippen LogP contribution in [-0.4, -0.2) is 26.2 Å². The largest absolute Gasteiger partial charge is 0.395 e. The topological polar surface area (TPSA) is 66.4 Å². The quantitative estimate of drug-likeness (QED) is 0.846. The molecule has 4 nitrogen and oxygen atoms in total. The van der Waals surface area contributed by atoms with Crippen LogP contribution in [0.5, 0.6) is 0 Å². The number of halogens is 2. The van der Waals surface area contributed by atoms with Crippen LogP contribution in [0.1, 0.15) is 20.3 Å². The van der Waals surface area contributed by atoms with E-state index in [2.05, 4.69) is 4.72 Å². The molecule has 108 valence electrons. The summed E-state index contributed by atoms with van der Waals surface area (Å²) in [5, 5.41) is 9.04. The molecule has 0 saturated carbocycles. The number of sulfonamides is 1. The van der Waals surface area contributed by atoms with Gasteiger partial charge in [0.2, 0.25) is 10.0 Å². The van der Waals surface area contributed by atoms with Gasteiger partial charge in [0.05, 0.1) is 11.6 Å². The van der Waals surface area contributed by atoms with Crippen LogP contribution in [0.3, 0.4) is 0 Å². The van der Waals surface area contributed by atoms with Crippen LogP contribution in [-0.2, 0) is 10.0 Å². The maximum absolute atomic E-state index is 12.9. The Morgan fingerprint density at radius 3 is 2.58 bits per heavy atom. The first-order valence-corrected chi connectivity index (χ1v) is 7.76. The van der Waals surface area contributed by atoms with E-state index in [0.29, 0.717) is 6.42 Å². The van der Waals surface area contributed by atoms with Crippen molar-refractivity contribution in [2.45, 2.75) is 31.2 Å². The molecule has 1 aromatic carbocycles. The van der Waals surface area contributed by atoms with Gasteiger partial charge < -0.3 is 5.11 Å². The second-order valence-corrected chi connectivity index (χ2v) is 6.46. The molecule has 19 heavy (non-hydrogen) atoms. The molecular formula is C12H17ClFNO3S. The Kier molecular flexibility index (Phi) is 5.73. The van der Waals surface area contributed by atoms with Gasteiger partial charge in [0.1, 0.15) is 10.7 Å². The maximum Gasteiger partial charge on any atom is 0.242 e. The van der Waals surface area contributed by atoms with Gasteiger partial charge in [0, 0.05) is 6.04 Å². The highest BCUT2D eigenvalue weighted by Gasteiger charge is 2.25. The Hall–Kier alpha value is -0.690. The fourth-order valence-corrected chi connectivity index (χ4v) is 3.44. The third-order valence-electron chi connectivity index (χ3n) is 3.02. The molecule has 0 amide bonds. The summed E-state index contributed by atoms with van der Waals surface area (Å²) in [5.74, 6) is -0.636. The van der Waals surface area contributed by atoms with Crippen molar-refractivity contribution >= 4 is 21.6 Å². The molecule has 0 radical (unpaired) electrons. The molecular weight excluding hydrogens is 293 g/mol. The average Bonchev–Trinajstić information content (AvgIpc) is 2.34. The average molecular weight is 310 g/mol. The van der Waals surface area contributed by atoms with Crippen molar-refractivity contribution in [2.75, 3.05) is 6.61 Å². The first-order valence-electron chi connectivity index (χ1n) is 5.90. The number of nitrogens with one attached hydrogen (secondary N) is 1. The summed E-state index contributed by atoms with van der Waals surface area (Å²) < 4.78 is 39.5. The van der Waals surface area contributed by atoms with E-state index in [9.17, 15) is 17.9 Å². The Balaban J connectivity index is 3.04. The highest BCUT2D eigenvalue weighted by Crippen LogP contribution is 2.23. The predicted molar refractivity (Wildman–Crippen MR) is 72.1 cm³/mol. The zero-order valence-electron chi connectivity index (χ0n) is 10.7. The summed E-state index contributed by atoms with van der Waals surface area (Å²) in [6.07, 6.45) is 0.713. The fraction of sp³-hybridized carbons (Fsp3) is 0.500. The molecule has 0 bridgehead atoms. The summed E-state index contributed by atoms with van der Waals surface area (Å²) in [5.41, 5.74) is 0. The van der Waals surface area contributed by atoms with Gasteiger partial charge in [-0.1, -0.05) is 31.9 Å². The lowest BCUT2D eigenvalue weighted by atomic mass is 10.0. The van der Waals surface area contributed by atoms with Gasteiger partial charge in [-0.3, -0.25) is 0 Å². The number of aliphatic hydroxyl groups is 1. The second kappa shape index (κ2) is 6.65. The molecule has 0 aliphatic carbocycles. The van der Waals surface area contributed by atoms with Gasteiger partial charge in [0.25, 0.3) is 0 Å². The molecule has 0 heterocycles. The van der Waals surface area contributed by atoms with E-state index < -0.39 is 21.9 Å². The minimum atomic E-state index is -3.88. The van der Waals surface area contributed by atoms with E-state index in [1.807, 2.05) is 13.8 Å². The van der Waals surface area contributed by atoms with Gasteiger partial charge in [-0.15, -0.1) is 0 Å². The van der Waals surface area contributed by atoms with E-state index in [1.165, 1.54) is 0 Å². The van der Waals surface area contributed by atoms with Crippen molar-refractivity contribution in [3.8, 4) is 0 Å². The lowest BCUT2D eigenvalue weighted by molar-refractivity contribution is 0.219. The van der Waals surface area contributed by atoms with Crippen LogP contribution in [0.2, 0.25) is 5.02 Å². The van der Waals surface area contributed by atoms with Crippen molar-refractivity contribution in [1.82, 2.24) is 4.72 Å². The van der Waals surface area contributed by atoms with Crippen LogP contribution in [0.25, 0.3) is 0 Å². The van der Waals surface area contributed by atoms with E-state index in [0.717, 1.165) is 18.2 Å². The maximum atomic E-state index is 12.9. The third kappa shape index (κ3) is 4.14. The molecule has 1 rings (SSSR count). The molecule has 0 fully saturated rings. The monoisotopic (exact) mass is 309 g/mol. The van der Waals surface area contributed by atoms with Crippen molar-refractivity contribution in [3.63, 3.8) is 0 Å². The highest BCUT2D eigenvalue weighted by molar-refractivity contribution is 7.89. The molecule has 7 heteroatoms. The molecule has 0 unspecified atom stereocenters. The summed E-state index contributed by atoms with van der Waals surface area (Å²) >= 11 is 5.73. The Morgan fingerprint density at radius 1 is 1.47 bits per heavy atom. The number of aliphatic hydroxyl groups excluding tert-OH is 1. The van der Waals surface area contributed by atoms with E-state index in [4.69, 9.17) is 11.6 Å². The molecule has 1 aromatic rings. The molecule has 0 aromatic heterocycles. The molecule has 0 aliphatic heterocycles. The lowest BCUT2D eigenvalue weighted by Crippen LogP contribution is -2.41. The summed E-state index contributed by atoms with van der Waals surface area (Å²) in [7, 11) is -3.88. The van der Waals surface area contributed by atoms with Crippen molar-refractivity contribution in [1.29, 1.82) is 0 Å². The van der Waals surface area contributed by atoms with Crippen molar-refractivity contribution < 1.29 is 17.9 Å². The summed E-state index contributed by atoms with van der Waals surface area (Å²) in [6, 6.07) is 2.46. The van der Waals surface area contributed by atoms with Gasteiger partial charge in [-0.25, -0.2) is 17.5 Å². The summed E-state index contributed by atoms with van der Waals surface area (Å²) in [4.78, 5) is -0.197. The van der Waals surface area contributed by atoms with E-state index >= 15 is 0 Å². The van der Waals surface area contributed by atoms with Gasteiger partial charge in [-0.05, 0) is 24.1 Å². The van der Waals surface area contributed by atoms with Crippen LogP contribution in [0.15, 0.2) is 23.1 Å². The first kappa shape index (κ1) is 16.4. The highest BCUT2D eigenvalue weighted by atomic mass is 35.5. The first-order chi connectivity index (χ1) is 8.81. The predicted octanol–water partition coefficient (Wildman–Crippen LogP) is 2.16. The normalized spacial score (nSPS) is 15.2. The van der Waals surface area contributed by atoms with E-state index in [1.54, 1.807) is 0 Å². The molecule has 0 saturated heterocycles. The lowest BCUT2D eigenvalue weighted by Gasteiger charge is -2.22. The van der Waals surface area contributed by atoms with Crippen LogP contribution in [0, 0.1) is 11.7 Å². The molecule has 0 aliphatic rings. The number of rotatable bonds is 6. The molecule has 2 N–H and O–H groups in total. The SMILES string of the molecule is CC[C@H](C)[C@@H](CO)NS(=O)(=O)c1ccc(F)cc1Cl. The summed E-state index contributed by atoms with van der Waals surface area (Å²) in [6.45, 7) is 3.41. The minimum absolute atomic E-state index is 0.0287. The second-order valence-electron chi connectivity index (χ2n) is 4.37. The smallest absolute Gasteiger partial charge is 0.242 e. The van der Waals surface area contributed by atoms with E-state index in [-0.39, 0.29) is 22.4 Å². The van der Waals surface area contributed by atoms with Crippen LogP contribution < -0.4 is 4.72 Å². The Bertz CT molecular complexity index is 536. The van der Waals surface area contributed by atoms with Crippen molar-refractivity contribution in [3.05, 3.63) is 29.0 Å². The Morgan fingerprint density at radius 2 is 2.11 bits per heavy atom. The fourth-order valence-electron chi connectivity index (χ4n) is 1.57. The standard InChI is InChI=1S/C12H17ClFNO3S/c1-3-8(2)11(7-16)15-19(17,18)12-5-4-9(14)6-10(12)13/h4-6,8,11,15-16H,3,7H2,1-2H3/t8-,11+/m0/s1. The number of hydrogen-bond donors (Lipinski definition) is 2. The van der Waals surface area contributed by atoms with Crippen molar-refractivity contribution in [2.24, 2.45) is 5.92 Å². The van der Waals surface area contributed by atoms with Crippen LogP contribution >= 0.6 is 11.6 Å². The third-order valence-corrected chi connectivity index (χ3v) is 4.99. The van der Waals surface area contributed by atoms with Gasteiger partial charge >= 0.3 is 0 Å². The zero-order chi connectivity index (χ0) is 14.6. The Labute approximate surface area is 117 Å². The van der Waals surface area contributed by atoms with Gasteiger partial charge in [-0.2, -0.15) is 0 Å². The number of hydrogen-bond acceptors (Lipinski definition) is 3. The zero-order valence-corrected chi connectivity index (χ0v) is 12.3. The molecule has 2 atom stereocenters. The minimum Gasteiger partial charge on any atom is -0.395 e. The van der Waals surface area contributed by atoms with Crippen LogP contribution in [0.4, 0.5) is 4.39 Å².